The minimum absolute atomic E-state index is 0.250. The van der Waals surface area contributed by atoms with Gasteiger partial charge in [0.25, 0.3) is 0 Å². The fraction of sp³-hybridized carbons (Fsp3) is 0.909. The number of nitriles is 1. The summed E-state index contributed by atoms with van der Waals surface area (Å²) in [6.07, 6.45) is 3.50. The molecule has 0 aromatic heterocycles. The minimum atomic E-state index is -0.703. The lowest BCUT2D eigenvalue weighted by Crippen LogP contribution is -2.30. The molecular weight excluding hydrogens is 208 g/mol. The van der Waals surface area contributed by atoms with E-state index in [4.69, 9.17) is 5.26 Å². The second-order valence-corrected chi connectivity index (χ2v) is 6.22. The van der Waals surface area contributed by atoms with Crippen molar-refractivity contribution in [1.29, 1.82) is 5.26 Å². The van der Waals surface area contributed by atoms with E-state index in [-0.39, 0.29) is 5.41 Å². The van der Waals surface area contributed by atoms with Gasteiger partial charge in [0.15, 0.2) is 0 Å². The predicted octanol–water partition coefficient (Wildman–Crippen LogP) is 1.67. The van der Waals surface area contributed by atoms with Gasteiger partial charge in [-0.25, -0.2) is 0 Å². The summed E-state index contributed by atoms with van der Waals surface area (Å²) in [6, 6.07) is 2.65. The maximum atomic E-state index is 10.9. The Morgan fingerprint density at radius 2 is 2.13 bits per heavy atom. The molecule has 15 heavy (non-hydrogen) atoms. The summed E-state index contributed by atoms with van der Waals surface area (Å²) < 4.78 is 10.9. The van der Waals surface area contributed by atoms with Crippen molar-refractivity contribution < 1.29 is 4.21 Å². The van der Waals surface area contributed by atoms with Crippen LogP contribution < -0.4 is 5.32 Å². The van der Waals surface area contributed by atoms with Crippen molar-refractivity contribution in [2.24, 2.45) is 5.41 Å². The molecule has 0 aliphatic rings. The second-order valence-electron chi connectivity index (χ2n) is 4.67. The quantitative estimate of drug-likeness (QED) is 0.724. The van der Waals surface area contributed by atoms with Gasteiger partial charge in [-0.05, 0) is 40.2 Å². The number of hydrogen-bond donors (Lipinski definition) is 1. The van der Waals surface area contributed by atoms with Gasteiger partial charge in [0, 0.05) is 28.9 Å². The molecule has 0 fully saturated rings. The highest BCUT2D eigenvalue weighted by atomic mass is 32.2. The minimum Gasteiger partial charge on any atom is -0.314 e. The molecule has 4 heteroatoms. The molecule has 0 radical (unpaired) electrons. The van der Waals surface area contributed by atoms with Crippen molar-refractivity contribution in [2.45, 2.75) is 39.7 Å². The maximum absolute atomic E-state index is 10.9. The first-order chi connectivity index (χ1) is 6.87. The van der Waals surface area contributed by atoms with Crippen molar-refractivity contribution in [3.05, 3.63) is 0 Å². The van der Waals surface area contributed by atoms with Crippen molar-refractivity contribution in [1.82, 2.24) is 5.32 Å². The summed E-state index contributed by atoms with van der Waals surface area (Å²) in [5.74, 6) is 0.746. The zero-order valence-electron chi connectivity index (χ0n) is 10.2. The average Bonchev–Trinajstić information content (AvgIpc) is 2.14. The molecular formula is C11H22N2OS. The van der Waals surface area contributed by atoms with Gasteiger partial charge < -0.3 is 5.32 Å². The van der Waals surface area contributed by atoms with Crippen LogP contribution in [0.3, 0.4) is 0 Å². The Morgan fingerprint density at radius 3 is 2.60 bits per heavy atom. The first-order valence-corrected chi connectivity index (χ1v) is 7.05. The standard InChI is InChI=1S/C11H22N2OS/c1-10(5-8-15(4)14)13-7-6-11(2,3)9-12/h10,13H,5-8H2,1-4H3. The lowest BCUT2D eigenvalue weighted by atomic mass is 9.91. The highest BCUT2D eigenvalue weighted by Gasteiger charge is 2.16. The van der Waals surface area contributed by atoms with E-state index in [1.807, 2.05) is 13.8 Å². The molecule has 2 atom stereocenters. The summed E-state index contributed by atoms with van der Waals surface area (Å²) in [5, 5.41) is 12.2. The van der Waals surface area contributed by atoms with Gasteiger partial charge in [0.05, 0.1) is 11.5 Å². The predicted molar refractivity (Wildman–Crippen MR) is 65.0 cm³/mol. The Hall–Kier alpha value is -0.400. The van der Waals surface area contributed by atoms with Crippen molar-refractivity contribution >= 4 is 10.8 Å². The molecule has 0 rings (SSSR count). The third-order valence-electron chi connectivity index (χ3n) is 2.38. The van der Waals surface area contributed by atoms with Gasteiger partial charge in [-0.3, -0.25) is 4.21 Å². The number of nitrogens with one attached hydrogen (secondary N) is 1. The van der Waals surface area contributed by atoms with Gasteiger partial charge in [-0.2, -0.15) is 5.26 Å². The van der Waals surface area contributed by atoms with Gasteiger partial charge >= 0.3 is 0 Å². The molecule has 0 bridgehead atoms. The average molecular weight is 230 g/mol. The van der Waals surface area contributed by atoms with Crippen LogP contribution in [0.1, 0.15) is 33.6 Å². The smallest absolute Gasteiger partial charge is 0.0684 e. The zero-order chi connectivity index (χ0) is 11.9. The topological polar surface area (TPSA) is 52.9 Å². The van der Waals surface area contributed by atoms with E-state index in [2.05, 4.69) is 18.3 Å². The lowest BCUT2D eigenvalue weighted by Gasteiger charge is -2.18. The molecule has 0 aromatic carbocycles. The molecule has 1 N–H and O–H groups in total. The fourth-order valence-electron chi connectivity index (χ4n) is 1.13. The van der Waals surface area contributed by atoms with Crippen LogP contribution in [-0.2, 0) is 10.8 Å². The van der Waals surface area contributed by atoms with Crippen LogP contribution in [0.4, 0.5) is 0 Å². The van der Waals surface area contributed by atoms with Crippen molar-refractivity contribution in [3.8, 4) is 6.07 Å². The molecule has 0 aliphatic heterocycles. The Kier molecular flexibility index (Phi) is 6.78. The molecule has 0 heterocycles. The summed E-state index contributed by atoms with van der Waals surface area (Å²) in [4.78, 5) is 0. The highest BCUT2D eigenvalue weighted by Crippen LogP contribution is 2.17. The molecule has 0 saturated heterocycles. The Bertz CT molecular complexity index is 245. The van der Waals surface area contributed by atoms with E-state index in [1.54, 1.807) is 6.26 Å². The van der Waals surface area contributed by atoms with E-state index in [0.717, 1.165) is 25.1 Å². The Balaban J connectivity index is 3.60. The fourth-order valence-corrected chi connectivity index (χ4v) is 1.82. The summed E-state index contributed by atoms with van der Waals surface area (Å²) in [5.41, 5.74) is -0.250. The molecule has 0 aliphatic carbocycles. The van der Waals surface area contributed by atoms with Crippen LogP contribution in [0.2, 0.25) is 0 Å². The Morgan fingerprint density at radius 1 is 1.53 bits per heavy atom. The van der Waals surface area contributed by atoms with E-state index in [9.17, 15) is 4.21 Å². The monoisotopic (exact) mass is 230 g/mol. The normalized spacial score (nSPS) is 15.7. The molecule has 3 nitrogen and oxygen atoms in total. The SMILES string of the molecule is CC(CCS(C)=O)NCCC(C)(C)C#N. The summed E-state index contributed by atoms with van der Waals surface area (Å²) >= 11 is 0. The van der Waals surface area contributed by atoms with Gasteiger partial charge in [-0.15, -0.1) is 0 Å². The third kappa shape index (κ3) is 8.59. The second kappa shape index (κ2) is 6.97. The lowest BCUT2D eigenvalue weighted by molar-refractivity contribution is 0.411. The van der Waals surface area contributed by atoms with E-state index in [1.165, 1.54) is 0 Å². The maximum Gasteiger partial charge on any atom is 0.0684 e. The zero-order valence-corrected chi connectivity index (χ0v) is 11.0. The van der Waals surface area contributed by atoms with E-state index < -0.39 is 10.8 Å². The summed E-state index contributed by atoms with van der Waals surface area (Å²) in [6.45, 7) is 6.82. The van der Waals surface area contributed by atoms with E-state index >= 15 is 0 Å². The Labute approximate surface area is 95.7 Å². The highest BCUT2D eigenvalue weighted by molar-refractivity contribution is 7.84. The molecule has 0 aromatic rings. The van der Waals surface area contributed by atoms with Crippen LogP contribution >= 0.6 is 0 Å². The third-order valence-corrected chi connectivity index (χ3v) is 3.19. The van der Waals surface area contributed by atoms with Crippen LogP contribution in [0.15, 0.2) is 0 Å². The van der Waals surface area contributed by atoms with Crippen LogP contribution in [0.5, 0.6) is 0 Å². The molecule has 88 valence electrons. The molecule has 0 spiro atoms. The number of hydrogen-bond acceptors (Lipinski definition) is 3. The van der Waals surface area contributed by atoms with Gasteiger partial charge in [0.2, 0.25) is 0 Å². The van der Waals surface area contributed by atoms with Crippen LogP contribution in [-0.4, -0.2) is 28.8 Å². The van der Waals surface area contributed by atoms with Gasteiger partial charge in [0.1, 0.15) is 0 Å². The first-order valence-electron chi connectivity index (χ1n) is 5.32. The van der Waals surface area contributed by atoms with Gasteiger partial charge in [-0.1, -0.05) is 0 Å². The van der Waals surface area contributed by atoms with Crippen molar-refractivity contribution in [2.75, 3.05) is 18.6 Å². The number of rotatable bonds is 7. The van der Waals surface area contributed by atoms with Crippen LogP contribution in [0, 0.1) is 16.7 Å². The molecule has 0 amide bonds. The molecule has 2 unspecified atom stereocenters. The van der Waals surface area contributed by atoms with E-state index in [0.29, 0.717) is 6.04 Å². The van der Waals surface area contributed by atoms with Crippen LogP contribution in [0.25, 0.3) is 0 Å². The van der Waals surface area contributed by atoms with Crippen molar-refractivity contribution in [3.63, 3.8) is 0 Å². The molecule has 0 saturated carbocycles. The largest absolute Gasteiger partial charge is 0.314 e. The summed E-state index contributed by atoms with van der Waals surface area (Å²) in [7, 11) is -0.703. The number of nitrogens with zero attached hydrogens (tertiary/aromatic N) is 1. The first kappa shape index (κ1) is 14.6.